The summed E-state index contributed by atoms with van der Waals surface area (Å²) in [5, 5.41) is 10.6. The predicted octanol–water partition coefficient (Wildman–Crippen LogP) is 1.79. The fraction of sp³-hybridized carbons (Fsp3) is 0.267. The van der Waals surface area contributed by atoms with E-state index in [0.29, 0.717) is 34.2 Å². The molecule has 2 heterocycles. The number of nitrogens with zero attached hydrogens (tertiary/aromatic N) is 1. The summed E-state index contributed by atoms with van der Waals surface area (Å²) in [4.78, 5) is 4.03. The molecule has 6 nitrogen and oxygen atoms in total. The fourth-order valence-corrected chi connectivity index (χ4v) is 2.42. The molecule has 1 aliphatic rings. The number of nitrogen functional groups attached to an aromatic ring is 1. The predicted molar refractivity (Wildman–Crippen MR) is 76.6 cm³/mol. The van der Waals surface area contributed by atoms with Crippen molar-refractivity contribution in [3.8, 4) is 17.2 Å². The molecule has 2 aromatic rings. The van der Waals surface area contributed by atoms with E-state index < -0.39 is 6.10 Å². The highest BCUT2D eigenvalue weighted by atomic mass is 16.7. The lowest BCUT2D eigenvalue weighted by molar-refractivity contribution is 0.171. The molecule has 1 unspecified atom stereocenters. The third-order valence-electron chi connectivity index (χ3n) is 3.51. The lowest BCUT2D eigenvalue weighted by atomic mass is 9.97. The number of methoxy groups -OCH3 is 1. The Morgan fingerprint density at radius 2 is 2.19 bits per heavy atom. The van der Waals surface area contributed by atoms with Crippen molar-refractivity contribution < 1.29 is 19.3 Å². The Bertz CT molecular complexity index is 667. The summed E-state index contributed by atoms with van der Waals surface area (Å²) in [6, 6.07) is 5.24. The van der Waals surface area contributed by atoms with Crippen LogP contribution >= 0.6 is 0 Å². The number of fused-ring (bicyclic) bond motifs is 1. The Morgan fingerprint density at radius 1 is 1.38 bits per heavy atom. The number of ether oxygens (including phenoxy) is 3. The molecule has 1 aromatic heterocycles. The number of aryl methyl sites for hydroxylation is 1. The number of anilines is 1. The van der Waals surface area contributed by atoms with Gasteiger partial charge in [-0.05, 0) is 36.2 Å². The molecule has 0 saturated carbocycles. The number of aliphatic hydroxyl groups is 1. The normalized spacial score (nSPS) is 14.0. The zero-order chi connectivity index (χ0) is 15.0. The molecule has 6 heteroatoms. The molecule has 21 heavy (non-hydrogen) atoms. The van der Waals surface area contributed by atoms with E-state index in [1.165, 1.54) is 7.11 Å². The van der Waals surface area contributed by atoms with Gasteiger partial charge in [0.15, 0.2) is 11.5 Å². The van der Waals surface area contributed by atoms with E-state index in [0.717, 1.165) is 5.56 Å². The minimum atomic E-state index is -0.915. The highest BCUT2D eigenvalue weighted by Crippen LogP contribution is 2.44. The molecule has 3 rings (SSSR count). The standard InChI is InChI=1S/C15H16N2O4/c1-8-3-4-17-15(16)12(8)13(18)9-5-10(19-2)14-11(6-9)20-7-21-14/h3-6,13,18H,7H2,1-2H3,(H2,16,17). The van der Waals surface area contributed by atoms with Crippen LogP contribution in [-0.2, 0) is 0 Å². The van der Waals surface area contributed by atoms with E-state index in [1.54, 1.807) is 24.4 Å². The summed E-state index contributed by atoms with van der Waals surface area (Å²) in [7, 11) is 1.54. The average Bonchev–Trinajstić information content (AvgIpc) is 2.94. The van der Waals surface area contributed by atoms with Gasteiger partial charge in [0, 0.05) is 11.8 Å². The number of rotatable bonds is 3. The molecule has 0 fully saturated rings. The maximum Gasteiger partial charge on any atom is 0.231 e. The Hall–Kier alpha value is -2.47. The lowest BCUT2D eigenvalue weighted by Gasteiger charge is -2.17. The summed E-state index contributed by atoms with van der Waals surface area (Å²) in [6.07, 6.45) is 0.697. The minimum absolute atomic E-state index is 0.138. The first-order chi connectivity index (χ1) is 10.1. The lowest BCUT2D eigenvalue weighted by Crippen LogP contribution is -2.08. The third kappa shape index (κ3) is 2.23. The zero-order valence-corrected chi connectivity index (χ0v) is 11.8. The number of hydrogen-bond donors (Lipinski definition) is 2. The van der Waals surface area contributed by atoms with Crippen LogP contribution < -0.4 is 19.9 Å². The maximum atomic E-state index is 10.6. The molecule has 0 bridgehead atoms. The van der Waals surface area contributed by atoms with E-state index in [1.807, 2.05) is 6.92 Å². The van der Waals surface area contributed by atoms with Gasteiger partial charge >= 0.3 is 0 Å². The van der Waals surface area contributed by atoms with Crippen molar-refractivity contribution in [3.63, 3.8) is 0 Å². The van der Waals surface area contributed by atoms with Gasteiger partial charge in [-0.3, -0.25) is 0 Å². The molecule has 3 N–H and O–H groups in total. The Kier molecular flexibility index (Phi) is 3.31. The summed E-state index contributed by atoms with van der Waals surface area (Å²) in [6.45, 7) is 2.01. The third-order valence-corrected chi connectivity index (χ3v) is 3.51. The minimum Gasteiger partial charge on any atom is -0.493 e. The zero-order valence-electron chi connectivity index (χ0n) is 11.8. The molecule has 0 saturated heterocycles. The highest BCUT2D eigenvalue weighted by molar-refractivity contribution is 5.58. The summed E-state index contributed by atoms with van der Waals surface area (Å²) >= 11 is 0. The summed E-state index contributed by atoms with van der Waals surface area (Å²) in [5.41, 5.74) is 7.94. The van der Waals surface area contributed by atoms with Gasteiger partial charge in [0.05, 0.1) is 7.11 Å². The first-order valence-electron chi connectivity index (χ1n) is 6.48. The molecular formula is C15H16N2O4. The topological polar surface area (TPSA) is 86.8 Å². The molecule has 0 aliphatic carbocycles. The van der Waals surface area contributed by atoms with E-state index in [4.69, 9.17) is 19.9 Å². The number of benzene rings is 1. The molecule has 0 amide bonds. The Labute approximate surface area is 122 Å². The molecule has 0 spiro atoms. The molecule has 1 aliphatic heterocycles. The number of aromatic nitrogens is 1. The van der Waals surface area contributed by atoms with Crippen LogP contribution in [0.1, 0.15) is 22.8 Å². The van der Waals surface area contributed by atoms with Crippen LogP contribution in [0.5, 0.6) is 17.2 Å². The SMILES string of the molecule is COc1cc(C(O)c2c(C)ccnc2N)cc2c1OCO2. The van der Waals surface area contributed by atoms with E-state index in [-0.39, 0.29) is 6.79 Å². The van der Waals surface area contributed by atoms with Gasteiger partial charge in [0.25, 0.3) is 0 Å². The Morgan fingerprint density at radius 3 is 2.90 bits per heavy atom. The first kappa shape index (κ1) is 13.5. The van der Waals surface area contributed by atoms with Crippen LogP contribution in [0.15, 0.2) is 24.4 Å². The number of aliphatic hydroxyl groups excluding tert-OH is 1. The van der Waals surface area contributed by atoms with Crippen LogP contribution in [0.4, 0.5) is 5.82 Å². The second-order valence-electron chi connectivity index (χ2n) is 4.79. The average molecular weight is 288 g/mol. The monoisotopic (exact) mass is 288 g/mol. The van der Waals surface area contributed by atoms with Crippen LogP contribution in [0.2, 0.25) is 0 Å². The fourth-order valence-electron chi connectivity index (χ4n) is 2.42. The van der Waals surface area contributed by atoms with Crippen LogP contribution in [0.25, 0.3) is 0 Å². The van der Waals surface area contributed by atoms with Crippen LogP contribution in [-0.4, -0.2) is 24.0 Å². The van der Waals surface area contributed by atoms with Crippen molar-refractivity contribution in [2.24, 2.45) is 0 Å². The van der Waals surface area contributed by atoms with E-state index in [2.05, 4.69) is 4.98 Å². The second kappa shape index (κ2) is 5.14. The number of pyridine rings is 1. The van der Waals surface area contributed by atoms with E-state index >= 15 is 0 Å². The van der Waals surface area contributed by atoms with Crippen molar-refractivity contribution in [3.05, 3.63) is 41.1 Å². The van der Waals surface area contributed by atoms with Gasteiger partial charge in [0.1, 0.15) is 11.9 Å². The van der Waals surface area contributed by atoms with Gasteiger partial charge < -0.3 is 25.1 Å². The molecule has 0 radical (unpaired) electrons. The van der Waals surface area contributed by atoms with Crippen molar-refractivity contribution in [1.29, 1.82) is 0 Å². The van der Waals surface area contributed by atoms with Gasteiger partial charge in [0.2, 0.25) is 12.5 Å². The maximum absolute atomic E-state index is 10.6. The summed E-state index contributed by atoms with van der Waals surface area (Å²) in [5.74, 6) is 1.91. The van der Waals surface area contributed by atoms with Crippen molar-refractivity contribution in [1.82, 2.24) is 4.98 Å². The van der Waals surface area contributed by atoms with Crippen LogP contribution in [0.3, 0.4) is 0 Å². The van der Waals surface area contributed by atoms with Gasteiger partial charge in [-0.2, -0.15) is 0 Å². The molecular weight excluding hydrogens is 272 g/mol. The molecule has 1 aromatic carbocycles. The van der Waals surface area contributed by atoms with Gasteiger partial charge in [-0.1, -0.05) is 0 Å². The van der Waals surface area contributed by atoms with Crippen molar-refractivity contribution in [2.45, 2.75) is 13.0 Å². The van der Waals surface area contributed by atoms with Gasteiger partial charge in [-0.15, -0.1) is 0 Å². The summed E-state index contributed by atoms with van der Waals surface area (Å²) < 4.78 is 16.0. The van der Waals surface area contributed by atoms with Gasteiger partial charge in [-0.25, -0.2) is 4.98 Å². The highest BCUT2D eigenvalue weighted by Gasteiger charge is 2.24. The molecule has 110 valence electrons. The quantitative estimate of drug-likeness (QED) is 0.895. The first-order valence-corrected chi connectivity index (χ1v) is 6.48. The Balaban J connectivity index is 2.08. The van der Waals surface area contributed by atoms with Crippen molar-refractivity contribution >= 4 is 5.82 Å². The number of hydrogen-bond acceptors (Lipinski definition) is 6. The molecule has 1 atom stereocenters. The van der Waals surface area contributed by atoms with Crippen LogP contribution in [0, 0.1) is 6.92 Å². The number of nitrogens with two attached hydrogens (primary N) is 1. The largest absolute Gasteiger partial charge is 0.493 e. The second-order valence-corrected chi connectivity index (χ2v) is 4.79. The van der Waals surface area contributed by atoms with E-state index in [9.17, 15) is 5.11 Å². The van der Waals surface area contributed by atoms with Crippen molar-refractivity contribution in [2.75, 3.05) is 19.6 Å². The smallest absolute Gasteiger partial charge is 0.231 e.